The Morgan fingerprint density at radius 3 is 2.37 bits per heavy atom. The summed E-state index contributed by atoms with van der Waals surface area (Å²) in [6.45, 7) is 3.01. The van der Waals surface area contributed by atoms with Crippen LogP contribution in [0.25, 0.3) is 0 Å². The van der Waals surface area contributed by atoms with Gasteiger partial charge in [-0.1, -0.05) is 12.8 Å². The quantitative estimate of drug-likeness (QED) is 0.609. The number of carbonyl (C=O) groups is 2. The van der Waals surface area contributed by atoms with Crippen molar-refractivity contribution in [1.82, 2.24) is 16.0 Å². The number of nitrogens with one attached hydrogen (secondary N) is 3. The number of halogens is 1. The van der Waals surface area contributed by atoms with E-state index in [4.69, 9.17) is 0 Å². The van der Waals surface area contributed by atoms with E-state index in [1.54, 1.807) is 0 Å². The minimum Gasteiger partial charge on any atom is -0.354 e. The minimum atomic E-state index is -0.348. The number of rotatable bonds is 7. The molecule has 0 radical (unpaired) electrons. The first kappa shape index (κ1) is 18.2. The molecule has 1 aliphatic carbocycles. The molecule has 0 heterocycles. The first-order valence-electron chi connectivity index (χ1n) is 6.84. The molecule has 1 atom stereocenters. The lowest BCUT2D eigenvalue weighted by Gasteiger charge is -2.23. The fourth-order valence-corrected chi connectivity index (χ4v) is 2.49. The molecule has 0 saturated heterocycles. The number of hydrogen-bond acceptors (Lipinski definition) is 3. The Kier molecular flexibility index (Phi) is 9.61. The summed E-state index contributed by atoms with van der Waals surface area (Å²) in [7, 11) is 1.89. The maximum absolute atomic E-state index is 12.1. The zero-order valence-electron chi connectivity index (χ0n) is 11.8. The summed E-state index contributed by atoms with van der Waals surface area (Å²) in [6.07, 6.45) is 5.30. The van der Waals surface area contributed by atoms with Gasteiger partial charge in [0, 0.05) is 13.5 Å². The predicted molar refractivity (Wildman–Crippen MR) is 78.4 cm³/mol. The lowest BCUT2D eigenvalue weighted by molar-refractivity contribution is -0.129. The molecule has 112 valence electrons. The summed E-state index contributed by atoms with van der Waals surface area (Å²) < 4.78 is 0. The SMILES string of the molecule is CNCCCNC(=O)C(NC(C)=O)C1CCCC1.Cl. The predicted octanol–water partition coefficient (Wildman–Crippen LogP) is 0.829. The van der Waals surface area contributed by atoms with E-state index in [-0.39, 0.29) is 30.3 Å². The van der Waals surface area contributed by atoms with E-state index in [1.807, 2.05) is 7.05 Å². The van der Waals surface area contributed by atoms with E-state index in [0.717, 1.165) is 38.6 Å². The lowest BCUT2D eigenvalue weighted by Crippen LogP contribution is -2.50. The number of amides is 2. The summed E-state index contributed by atoms with van der Waals surface area (Å²) in [5.74, 6) is 0.142. The second kappa shape index (κ2) is 10.0. The Labute approximate surface area is 121 Å². The normalized spacial score (nSPS) is 16.5. The molecule has 1 rings (SSSR count). The average Bonchev–Trinajstić information content (AvgIpc) is 2.84. The van der Waals surface area contributed by atoms with Gasteiger partial charge in [-0.3, -0.25) is 9.59 Å². The molecule has 3 N–H and O–H groups in total. The molecular formula is C13H26ClN3O2. The van der Waals surface area contributed by atoms with Gasteiger partial charge in [0.1, 0.15) is 6.04 Å². The molecule has 5 nitrogen and oxygen atoms in total. The van der Waals surface area contributed by atoms with E-state index < -0.39 is 0 Å². The van der Waals surface area contributed by atoms with Gasteiger partial charge in [0.25, 0.3) is 0 Å². The molecule has 6 heteroatoms. The van der Waals surface area contributed by atoms with Gasteiger partial charge in [-0.05, 0) is 38.8 Å². The summed E-state index contributed by atoms with van der Waals surface area (Å²) in [4.78, 5) is 23.3. The molecule has 19 heavy (non-hydrogen) atoms. The Bertz CT molecular complexity index is 281. The van der Waals surface area contributed by atoms with Gasteiger partial charge in [0.15, 0.2) is 0 Å². The van der Waals surface area contributed by atoms with Crippen molar-refractivity contribution in [3.05, 3.63) is 0 Å². The summed E-state index contributed by atoms with van der Waals surface area (Å²) in [6, 6.07) is -0.348. The number of carbonyl (C=O) groups excluding carboxylic acids is 2. The van der Waals surface area contributed by atoms with E-state index in [0.29, 0.717) is 12.5 Å². The molecule has 0 spiro atoms. The number of hydrogen-bond donors (Lipinski definition) is 3. The maximum atomic E-state index is 12.1. The average molecular weight is 292 g/mol. The summed E-state index contributed by atoms with van der Waals surface area (Å²) in [5, 5.41) is 8.74. The van der Waals surface area contributed by atoms with Gasteiger partial charge in [0.05, 0.1) is 0 Å². The molecule has 1 unspecified atom stereocenters. The molecule has 2 amide bonds. The third-order valence-corrected chi connectivity index (χ3v) is 3.42. The second-order valence-electron chi connectivity index (χ2n) is 4.97. The van der Waals surface area contributed by atoms with Gasteiger partial charge < -0.3 is 16.0 Å². The third-order valence-electron chi connectivity index (χ3n) is 3.42. The van der Waals surface area contributed by atoms with Crippen molar-refractivity contribution in [1.29, 1.82) is 0 Å². The van der Waals surface area contributed by atoms with Crippen molar-refractivity contribution >= 4 is 24.2 Å². The van der Waals surface area contributed by atoms with Crippen LogP contribution in [-0.2, 0) is 9.59 Å². The molecule has 0 aromatic rings. The van der Waals surface area contributed by atoms with Crippen LogP contribution in [0.2, 0.25) is 0 Å². The highest BCUT2D eigenvalue weighted by Gasteiger charge is 2.30. The van der Waals surface area contributed by atoms with E-state index in [1.165, 1.54) is 6.92 Å². The zero-order valence-corrected chi connectivity index (χ0v) is 12.6. The fraction of sp³-hybridized carbons (Fsp3) is 0.846. The Morgan fingerprint density at radius 2 is 1.84 bits per heavy atom. The van der Waals surface area contributed by atoms with E-state index >= 15 is 0 Å². The van der Waals surface area contributed by atoms with Crippen LogP contribution in [0.1, 0.15) is 39.0 Å². The van der Waals surface area contributed by atoms with E-state index in [2.05, 4.69) is 16.0 Å². The van der Waals surface area contributed by atoms with Crippen molar-refractivity contribution in [2.24, 2.45) is 5.92 Å². The largest absolute Gasteiger partial charge is 0.354 e. The minimum absolute atomic E-state index is 0. The molecule has 0 aliphatic heterocycles. The molecular weight excluding hydrogens is 266 g/mol. The smallest absolute Gasteiger partial charge is 0.242 e. The third kappa shape index (κ3) is 6.78. The molecule has 0 aromatic heterocycles. The van der Waals surface area contributed by atoms with Crippen LogP contribution in [0.3, 0.4) is 0 Å². The van der Waals surface area contributed by atoms with Gasteiger partial charge in [-0.25, -0.2) is 0 Å². The second-order valence-corrected chi connectivity index (χ2v) is 4.97. The molecule has 1 fully saturated rings. The lowest BCUT2D eigenvalue weighted by atomic mass is 9.97. The van der Waals surface area contributed by atoms with Crippen molar-refractivity contribution in [3.63, 3.8) is 0 Å². The highest BCUT2D eigenvalue weighted by Crippen LogP contribution is 2.27. The first-order valence-corrected chi connectivity index (χ1v) is 6.84. The monoisotopic (exact) mass is 291 g/mol. The van der Waals surface area contributed by atoms with Gasteiger partial charge in [0.2, 0.25) is 11.8 Å². The topological polar surface area (TPSA) is 70.2 Å². The first-order chi connectivity index (χ1) is 8.65. The fourth-order valence-electron chi connectivity index (χ4n) is 2.49. The van der Waals surface area contributed by atoms with Crippen molar-refractivity contribution in [3.8, 4) is 0 Å². The maximum Gasteiger partial charge on any atom is 0.242 e. The van der Waals surface area contributed by atoms with Crippen molar-refractivity contribution in [2.75, 3.05) is 20.1 Å². The summed E-state index contributed by atoms with van der Waals surface area (Å²) >= 11 is 0. The van der Waals surface area contributed by atoms with Crippen LogP contribution in [0.5, 0.6) is 0 Å². The van der Waals surface area contributed by atoms with Crippen LogP contribution < -0.4 is 16.0 Å². The van der Waals surface area contributed by atoms with Gasteiger partial charge >= 0.3 is 0 Å². The highest BCUT2D eigenvalue weighted by molar-refractivity contribution is 5.87. The van der Waals surface area contributed by atoms with Crippen LogP contribution in [0.4, 0.5) is 0 Å². The van der Waals surface area contributed by atoms with Crippen LogP contribution in [0, 0.1) is 5.92 Å². The molecule has 1 saturated carbocycles. The molecule has 1 aliphatic rings. The standard InChI is InChI=1S/C13H25N3O2.ClH/c1-10(17)16-12(11-6-3-4-7-11)13(18)15-9-5-8-14-2;/h11-12,14H,3-9H2,1-2H3,(H,15,18)(H,16,17);1H. The summed E-state index contributed by atoms with van der Waals surface area (Å²) in [5.41, 5.74) is 0. The van der Waals surface area contributed by atoms with Crippen molar-refractivity contribution in [2.45, 2.75) is 45.1 Å². The van der Waals surface area contributed by atoms with E-state index in [9.17, 15) is 9.59 Å². The Morgan fingerprint density at radius 1 is 1.21 bits per heavy atom. The van der Waals surface area contributed by atoms with Gasteiger partial charge in [-0.15, -0.1) is 12.4 Å². The zero-order chi connectivity index (χ0) is 13.4. The van der Waals surface area contributed by atoms with Crippen LogP contribution in [0.15, 0.2) is 0 Å². The Hall–Kier alpha value is -0.810. The van der Waals surface area contributed by atoms with Gasteiger partial charge in [-0.2, -0.15) is 0 Å². The Balaban J connectivity index is 0.00000324. The van der Waals surface area contributed by atoms with Crippen LogP contribution >= 0.6 is 12.4 Å². The highest BCUT2D eigenvalue weighted by atomic mass is 35.5. The molecule has 0 bridgehead atoms. The van der Waals surface area contributed by atoms with Crippen molar-refractivity contribution < 1.29 is 9.59 Å². The van der Waals surface area contributed by atoms with Crippen LogP contribution in [-0.4, -0.2) is 38.0 Å². The molecule has 0 aromatic carbocycles.